The van der Waals surface area contributed by atoms with Gasteiger partial charge in [0, 0.05) is 24.4 Å². The van der Waals surface area contributed by atoms with Crippen LogP contribution in [0, 0.1) is 5.92 Å². The lowest BCUT2D eigenvalue weighted by atomic mass is 9.96. The second-order valence-electron chi connectivity index (χ2n) is 6.49. The number of amides is 2. The van der Waals surface area contributed by atoms with E-state index in [4.69, 9.17) is 10.5 Å². The zero-order valence-corrected chi connectivity index (χ0v) is 14.5. The fourth-order valence-corrected chi connectivity index (χ4v) is 3.35. The quantitative estimate of drug-likeness (QED) is 0.909. The van der Waals surface area contributed by atoms with Gasteiger partial charge >= 0.3 is 0 Å². The lowest BCUT2D eigenvalue weighted by Gasteiger charge is -2.33. The Bertz CT molecular complexity index is 761. The van der Waals surface area contributed by atoms with E-state index in [9.17, 15) is 9.59 Å². The Hall–Kier alpha value is -2.56. The molecule has 25 heavy (non-hydrogen) atoms. The molecule has 5 heteroatoms. The highest BCUT2D eigenvalue weighted by atomic mass is 16.5. The lowest BCUT2D eigenvalue weighted by Crippen LogP contribution is -2.47. The standard InChI is InChI=1S/C20H24N2O3/c1-2-17(20(24)22-12-10-15(11-13-22)19(21)23)25-18-9-5-7-14-6-3-4-8-16(14)18/h3-9,15,17H,2,10-13H2,1H3,(H2,21,23)/t17-/m0/s1. The Morgan fingerprint density at radius 2 is 1.84 bits per heavy atom. The van der Waals surface area contributed by atoms with Crippen LogP contribution in [-0.2, 0) is 9.59 Å². The fourth-order valence-electron chi connectivity index (χ4n) is 3.35. The van der Waals surface area contributed by atoms with Crippen LogP contribution in [-0.4, -0.2) is 35.9 Å². The summed E-state index contributed by atoms with van der Waals surface area (Å²) >= 11 is 0. The fraction of sp³-hybridized carbons (Fsp3) is 0.400. The summed E-state index contributed by atoms with van der Waals surface area (Å²) in [6.45, 7) is 3.06. The Morgan fingerprint density at radius 1 is 1.16 bits per heavy atom. The summed E-state index contributed by atoms with van der Waals surface area (Å²) in [7, 11) is 0. The molecule has 1 saturated heterocycles. The van der Waals surface area contributed by atoms with E-state index in [-0.39, 0.29) is 17.7 Å². The van der Waals surface area contributed by atoms with Crippen LogP contribution in [0.4, 0.5) is 0 Å². The number of carbonyl (C=O) groups excluding carboxylic acids is 2. The number of ether oxygens (including phenoxy) is 1. The second-order valence-corrected chi connectivity index (χ2v) is 6.49. The van der Waals surface area contributed by atoms with Gasteiger partial charge in [-0.05, 0) is 30.7 Å². The van der Waals surface area contributed by atoms with Crippen LogP contribution in [0.25, 0.3) is 10.8 Å². The topological polar surface area (TPSA) is 72.6 Å². The molecule has 2 amide bonds. The molecule has 1 fully saturated rings. The molecular formula is C20H24N2O3. The zero-order chi connectivity index (χ0) is 17.8. The molecule has 0 radical (unpaired) electrons. The van der Waals surface area contributed by atoms with E-state index in [0.717, 1.165) is 16.5 Å². The van der Waals surface area contributed by atoms with Crippen LogP contribution in [0.1, 0.15) is 26.2 Å². The summed E-state index contributed by atoms with van der Waals surface area (Å²) in [5.41, 5.74) is 5.36. The van der Waals surface area contributed by atoms with Crippen LogP contribution >= 0.6 is 0 Å². The molecule has 2 aromatic carbocycles. The minimum Gasteiger partial charge on any atom is -0.480 e. The minimum atomic E-state index is -0.518. The number of piperidine rings is 1. The maximum Gasteiger partial charge on any atom is 0.263 e. The number of hydrogen-bond acceptors (Lipinski definition) is 3. The van der Waals surface area contributed by atoms with Crippen molar-refractivity contribution in [3.8, 4) is 5.75 Å². The third-order valence-corrected chi connectivity index (χ3v) is 4.87. The number of nitrogens with two attached hydrogens (primary N) is 1. The summed E-state index contributed by atoms with van der Waals surface area (Å²) in [4.78, 5) is 25.9. The third-order valence-electron chi connectivity index (χ3n) is 4.87. The van der Waals surface area contributed by atoms with E-state index in [2.05, 4.69) is 0 Å². The average molecular weight is 340 g/mol. The highest BCUT2D eigenvalue weighted by molar-refractivity contribution is 5.89. The molecular weight excluding hydrogens is 316 g/mol. The monoisotopic (exact) mass is 340 g/mol. The number of likely N-dealkylation sites (tertiary alicyclic amines) is 1. The number of primary amides is 1. The smallest absolute Gasteiger partial charge is 0.263 e. The van der Waals surface area contributed by atoms with E-state index < -0.39 is 6.10 Å². The van der Waals surface area contributed by atoms with Crippen molar-refractivity contribution in [1.82, 2.24) is 4.90 Å². The van der Waals surface area contributed by atoms with Crippen LogP contribution in [0.15, 0.2) is 42.5 Å². The van der Waals surface area contributed by atoms with Gasteiger partial charge in [-0.1, -0.05) is 43.3 Å². The summed E-state index contributed by atoms with van der Waals surface area (Å²) in [5.74, 6) is 0.318. The van der Waals surface area contributed by atoms with E-state index in [1.54, 1.807) is 4.90 Å². The molecule has 1 atom stereocenters. The Balaban J connectivity index is 1.72. The van der Waals surface area contributed by atoms with Gasteiger partial charge in [-0.3, -0.25) is 9.59 Å². The van der Waals surface area contributed by atoms with Crippen LogP contribution < -0.4 is 10.5 Å². The number of fused-ring (bicyclic) bond motifs is 1. The molecule has 5 nitrogen and oxygen atoms in total. The second kappa shape index (κ2) is 7.55. The van der Waals surface area contributed by atoms with Crippen molar-refractivity contribution in [2.75, 3.05) is 13.1 Å². The van der Waals surface area contributed by atoms with Crippen molar-refractivity contribution in [2.45, 2.75) is 32.3 Å². The molecule has 2 aromatic rings. The number of carbonyl (C=O) groups is 2. The number of benzene rings is 2. The predicted molar refractivity (Wildman–Crippen MR) is 97.2 cm³/mol. The summed E-state index contributed by atoms with van der Waals surface area (Å²) in [6.07, 6.45) is 1.34. The van der Waals surface area contributed by atoms with Crippen molar-refractivity contribution >= 4 is 22.6 Å². The normalized spacial score (nSPS) is 16.6. The third kappa shape index (κ3) is 3.76. The molecule has 2 N–H and O–H groups in total. The maximum absolute atomic E-state index is 12.8. The van der Waals surface area contributed by atoms with Gasteiger partial charge in [-0.2, -0.15) is 0 Å². The molecule has 0 aliphatic carbocycles. The molecule has 0 bridgehead atoms. The lowest BCUT2D eigenvalue weighted by molar-refractivity contribution is -0.141. The molecule has 3 rings (SSSR count). The highest BCUT2D eigenvalue weighted by Gasteiger charge is 2.30. The molecule has 1 heterocycles. The number of rotatable bonds is 5. The van der Waals surface area contributed by atoms with E-state index in [1.807, 2.05) is 49.4 Å². The highest BCUT2D eigenvalue weighted by Crippen LogP contribution is 2.27. The molecule has 1 aliphatic heterocycles. The largest absolute Gasteiger partial charge is 0.480 e. The van der Waals surface area contributed by atoms with Gasteiger partial charge in [-0.25, -0.2) is 0 Å². The van der Waals surface area contributed by atoms with Crippen LogP contribution in [0.5, 0.6) is 5.75 Å². The van der Waals surface area contributed by atoms with Crippen LogP contribution in [0.2, 0.25) is 0 Å². The molecule has 1 aliphatic rings. The molecule has 0 saturated carbocycles. The van der Waals surface area contributed by atoms with Crippen molar-refractivity contribution in [3.05, 3.63) is 42.5 Å². The van der Waals surface area contributed by atoms with Crippen molar-refractivity contribution < 1.29 is 14.3 Å². The van der Waals surface area contributed by atoms with Gasteiger partial charge in [0.15, 0.2) is 6.10 Å². The summed E-state index contributed by atoms with van der Waals surface area (Å²) in [6, 6.07) is 13.8. The van der Waals surface area contributed by atoms with Crippen LogP contribution in [0.3, 0.4) is 0 Å². The van der Waals surface area contributed by atoms with Gasteiger partial charge in [0.05, 0.1) is 0 Å². The molecule has 0 spiro atoms. The van der Waals surface area contributed by atoms with Crippen molar-refractivity contribution in [1.29, 1.82) is 0 Å². The van der Waals surface area contributed by atoms with Gasteiger partial charge in [0.25, 0.3) is 5.91 Å². The average Bonchev–Trinajstić information content (AvgIpc) is 2.65. The van der Waals surface area contributed by atoms with Gasteiger partial charge in [0.1, 0.15) is 5.75 Å². The predicted octanol–water partition coefficient (Wildman–Crippen LogP) is 2.72. The van der Waals surface area contributed by atoms with Gasteiger partial charge < -0.3 is 15.4 Å². The first-order valence-electron chi connectivity index (χ1n) is 8.82. The molecule has 0 aromatic heterocycles. The zero-order valence-electron chi connectivity index (χ0n) is 14.5. The molecule has 0 unspecified atom stereocenters. The van der Waals surface area contributed by atoms with E-state index in [1.165, 1.54) is 0 Å². The van der Waals surface area contributed by atoms with E-state index >= 15 is 0 Å². The Labute approximate surface area is 147 Å². The van der Waals surface area contributed by atoms with Gasteiger partial charge in [-0.15, -0.1) is 0 Å². The Morgan fingerprint density at radius 3 is 2.52 bits per heavy atom. The van der Waals surface area contributed by atoms with E-state index in [0.29, 0.717) is 32.4 Å². The maximum atomic E-state index is 12.8. The summed E-state index contributed by atoms with van der Waals surface area (Å²) in [5, 5.41) is 2.09. The first-order chi connectivity index (χ1) is 12.1. The Kier molecular flexibility index (Phi) is 5.22. The first kappa shape index (κ1) is 17.3. The van der Waals surface area contributed by atoms with Crippen molar-refractivity contribution in [3.63, 3.8) is 0 Å². The first-order valence-corrected chi connectivity index (χ1v) is 8.82. The van der Waals surface area contributed by atoms with Crippen molar-refractivity contribution in [2.24, 2.45) is 11.7 Å². The SMILES string of the molecule is CC[C@H](Oc1cccc2ccccc12)C(=O)N1CCC(C(N)=O)CC1. The molecule has 132 valence electrons. The minimum absolute atomic E-state index is 0.0154. The number of nitrogens with zero attached hydrogens (tertiary/aromatic N) is 1. The summed E-state index contributed by atoms with van der Waals surface area (Å²) < 4.78 is 6.08. The number of hydrogen-bond donors (Lipinski definition) is 1. The van der Waals surface area contributed by atoms with Gasteiger partial charge in [0.2, 0.25) is 5.91 Å².